The fourth-order valence-electron chi connectivity index (χ4n) is 3.60. The molecular weight excluding hydrogens is 362 g/mol. The summed E-state index contributed by atoms with van der Waals surface area (Å²) in [6.45, 7) is 0. The third-order valence-corrected chi connectivity index (χ3v) is 5.08. The molecule has 0 aliphatic rings. The number of hydrogen-bond acceptors (Lipinski definition) is 3. The molecule has 4 aromatic rings. The first-order chi connectivity index (χ1) is 14.2. The summed E-state index contributed by atoms with van der Waals surface area (Å²) in [5, 5.41) is 6.91. The van der Waals surface area contributed by atoms with Crippen LogP contribution in [0.2, 0.25) is 0 Å². The van der Waals surface area contributed by atoms with Crippen LogP contribution in [0, 0.1) is 0 Å². The third-order valence-electron chi connectivity index (χ3n) is 5.08. The van der Waals surface area contributed by atoms with Gasteiger partial charge in [0.2, 0.25) is 0 Å². The number of carbonyl (C=O) groups excluding carboxylic acids is 2. The van der Waals surface area contributed by atoms with E-state index < -0.39 is 12.0 Å². The van der Waals surface area contributed by atoms with Gasteiger partial charge in [0.15, 0.2) is 0 Å². The first kappa shape index (κ1) is 18.7. The van der Waals surface area contributed by atoms with Crippen LogP contribution in [0.3, 0.4) is 0 Å². The molecule has 0 spiro atoms. The van der Waals surface area contributed by atoms with Gasteiger partial charge >= 0.3 is 5.97 Å². The van der Waals surface area contributed by atoms with Crippen molar-refractivity contribution >= 4 is 33.4 Å². The quantitative estimate of drug-likeness (QED) is 0.516. The highest BCUT2D eigenvalue weighted by atomic mass is 16.5. The molecule has 4 aromatic carbocycles. The standard InChI is InChI=1S/C25H21NO3/c1-29-25(28)23(16-17-13-14-18-7-2-3-9-20(18)15-17)26-24(27)22-12-6-10-19-8-4-5-11-21(19)22/h2-15,23H,16H2,1H3,(H,26,27)/t23-/m1/s1. The summed E-state index contributed by atoms with van der Waals surface area (Å²) in [5.41, 5.74) is 1.49. The largest absolute Gasteiger partial charge is 0.467 e. The SMILES string of the molecule is COC(=O)[C@@H](Cc1ccc2ccccc2c1)NC(=O)c1cccc2ccccc12. The Morgan fingerprint density at radius 3 is 2.31 bits per heavy atom. The second-order valence-electron chi connectivity index (χ2n) is 6.96. The van der Waals surface area contributed by atoms with E-state index in [0.29, 0.717) is 12.0 Å². The molecule has 0 heterocycles. The number of nitrogens with one attached hydrogen (secondary N) is 1. The molecule has 4 heteroatoms. The predicted molar refractivity (Wildman–Crippen MR) is 115 cm³/mol. The number of esters is 1. The molecule has 144 valence electrons. The van der Waals surface area contributed by atoms with Gasteiger partial charge < -0.3 is 10.1 Å². The highest BCUT2D eigenvalue weighted by Gasteiger charge is 2.23. The molecule has 4 rings (SSSR count). The van der Waals surface area contributed by atoms with Crippen LogP contribution < -0.4 is 5.32 Å². The van der Waals surface area contributed by atoms with Crippen molar-refractivity contribution in [1.82, 2.24) is 5.32 Å². The van der Waals surface area contributed by atoms with E-state index >= 15 is 0 Å². The lowest BCUT2D eigenvalue weighted by Crippen LogP contribution is -2.43. The maximum atomic E-state index is 13.0. The maximum absolute atomic E-state index is 13.0. The van der Waals surface area contributed by atoms with Gasteiger partial charge in [0, 0.05) is 12.0 Å². The average molecular weight is 383 g/mol. The number of carbonyl (C=O) groups is 2. The van der Waals surface area contributed by atoms with Gasteiger partial charge in [-0.3, -0.25) is 4.79 Å². The Kier molecular flexibility index (Phi) is 5.25. The fraction of sp³-hybridized carbons (Fsp3) is 0.120. The topological polar surface area (TPSA) is 55.4 Å². The zero-order chi connectivity index (χ0) is 20.2. The van der Waals surface area contributed by atoms with Gasteiger partial charge in [-0.1, -0.05) is 78.9 Å². The smallest absolute Gasteiger partial charge is 0.328 e. The van der Waals surface area contributed by atoms with Crippen molar-refractivity contribution in [2.45, 2.75) is 12.5 Å². The van der Waals surface area contributed by atoms with E-state index in [2.05, 4.69) is 5.32 Å². The van der Waals surface area contributed by atoms with Crippen LogP contribution in [0.5, 0.6) is 0 Å². The first-order valence-corrected chi connectivity index (χ1v) is 9.50. The van der Waals surface area contributed by atoms with Crippen LogP contribution in [0.4, 0.5) is 0 Å². The molecule has 29 heavy (non-hydrogen) atoms. The molecule has 1 amide bonds. The van der Waals surface area contributed by atoms with Crippen LogP contribution in [0.25, 0.3) is 21.5 Å². The minimum atomic E-state index is -0.771. The predicted octanol–water partition coefficient (Wildman–Crippen LogP) is 4.51. The molecule has 0 saturated carbocycles. The molecule has 1 atom stereocenters. The van der Waals surface area contributed by atoms with Crippen molar-refractivity contribution in [3.05, 3.63) is 96.1 Å². The minimum absolute atomic E-state index is 0.294. The van der Waals surface area contributed by atoms with Crippen molar-refractivity contribution in [3.63, 3.8) is 0 Å². The second kappa shape index (κ2) is 8.15. The normalized spacial score (nSPS) is 11.9. The van der Waals surface area contributed by atoms with E-state index in [1.807, 2.05) is 78.9 Å². The minimum Gasteiger partial charge on any atom is -0.467 e. The zero-order valence-electron chi connectivity index (χ0n) is 16.1. The Labute approximate surface area is 169 Å². The molecule has 0 saturated heterocycles. The van der Waals surface area contributed by atoms with Crippen LogP contribution in [0.15, 0.2) is 84.9 Å². The lowest BCUT2D eigenvalue weighted by atomic mass is 10.0. The monoisotopic (exact) mass is 383 g/mol. The lowest BCUT2D eigenvalue weighted by molar-refractivity contribution is -0.142. The highest BCUT2D eigenvalue weighted by Crippen LogP contribution is 2.20. The van der Waals surface area contributed by atoms with Gasteiger partial charge in [0.1, 0.15) is 6.04 Å². The summed E-state index contributed by atoms with van der Waals surface area (Å²) < 4.78 is 4.94. The Morgan fingerprint density at radius 1 is 0.828 bits per heavy atom. The zero-order valence-corrected chi connectivity index (χ0v) is 16.1. The molecule has 0 aliphatic heterocycles. The molecule has 0 aliphatic carbocycles. The number of benzene rings is 4. The summed E-state index contributed by atoms with van der Waals surface area (Å²) in [4.78, 5) is 25.3. The van der Waals surface area contributed by atoms with Gasteiger partial charge in [-0.25, -0.2) is 4.79 Å². The third kappa shape index (κ3) is 3.97. The van der Waals surface area contributed by atoms with E-state index in [1.54, 1.807) is 6.07 Å². The van der Waals surface area contributed by atoms with Gasteiger partial charge in [0.05, 0.1) is 7.11 Å². The first-order valence-electron chi connectivity index (χ1n) is 9.50. The van der Waals surface area contributed by atoms with E-state index in [-0.39, 0.29) is 5.91 Å². The number of rotatable bonds is 5. The summed E-state index contributed by atoms with van der Waals surface area (Å²) in [6, 6.07) is 26.5. The van der Waals surface area contributed by atoms with Crippen LogP contribution in [-0.4, -0.2) is 25.0 Å². The van der Waals surface area contributed by atoms with Gasteiger partial charge in [0.25, 0.3) is 5.91 Å². The Balaban J connectivity index is 1.61. The van der Waals surface area contributed by atoms with Gasteiger partial charge in [-0.15, -0.1) is 0 Å². The van der Waals surface area contributed by atoms with Crippen molar-refractivity contribution in [2.24, 2.45) is 0 Å². The van der Waals surface area contributed by atoms with E-state index in [1.165, 1.54) is 7.11 Å². The fourth-order valence-corrected chi connectivity index (χ4v) is 3.60. The van der Waals surface area contributed by atoms with Crippen molar-refractivity contribution in [2.75, 3.05) is 7.11 Å². The molecule has 0 bridgehead atoms. The Hall–Kier alpha value is -3.66. The van der Waals surface area contributed by atoms with Crippen LogP contribution in [-0.2, 0) is 16.0 Å². The second-order valence-corrected chi connectivity index (χ2v) is 6.96. The summed E-state index contributed by atoms with van der Waals surface area (Å²) in [6.07, 6.45) is 0.355. The Bertz CT molecular complexity index is 1190. The van der Waals surface area contributed by atoms with Gasteiger partial charge in [-0.2, -0.15) is 0 Å². The molecule has 4 nitrogen and oxygen atoms in total. The molecule has 0 aromatic heterocycles. The van der Waals surface area contributed by atoms with E-state index in [4.69, 9.17) is 4.74 Å². The molecule has 1 N–H and O–H groups in total. The average Bonchev–Trinajstić information content (AvgIpc) is 2.77. The number of ether oxygens (including phenoxy) is 1. The summed E-state index contributed by atoms with van der Waals surface area (Å²) >= 11 is 0. The number of methoxy groups -OCH3 is 1. The number of amides is 1. The van der Waals surface area contributed by atoms with Crippen molar-refractivity contribution in [1.29, 1.82) is 0 Å². The molecule has 0 radical (unpaired) electrons. The van der Waals surface area contributed by atoms with Crippen LogP contribution >= 0.6 is 0 Å². The van der Waals surface area contributed by atoms with Gasteiger partial charge in [-0.05, 0) is 33.2 Å². The summed E-state index contributed by atoms with van der Waals surface area (Å²) in [5.74, 6) is -0.760. The maximum Gasteiger partial charge on any atom is 0.328 e. The van der Waals surface area contributed by atoms with E-state index in [9.17, 15) is 9.59 Å². The Morgan fingerprint density at radius 2 is 1.52 bits per heavy atom. The molecule has 0 unspecified atom stereocenters. The van der Waals surface area contributed by atoms with Crippen molar-refractivity contribution in [3.8, 4) is 0 Å². The van der Waals surface area contributed by atoms with Crippen molar-refractivity contribution < 1.29 is 14.3 Å². The van der Waals surface area contributed by atoms with Crippen LogP contribution in [0.1, 0.15) is 15.9 Å². The lowest BCUT2D eigenvalue weighted by Gasteiger charge is -2.17. The summed E-state index contributed by atoms with van der Waals surface area (Å²) in [7, 11) is 1.33. The number of hydrogen-bond donors (Lipinski definition) is 1. The number of fused-ring (bicyclic) bond motifs is 2. The molecule has 0 fully saturated rings. The molecular formula is C25H21NO3. The van der Waals surface area contributed by atoms with E-state index in [0.717, 1.165) is 27.1 Å². The highest BCUT2D eigenvalue weighted by molar-refractivity contribution is 6.08.